The van der Waals surface area contributed by atoms with Crippen molar-refractivity contribution < 1.29 is 4.79 Å². The van der Waals surface area contributed by atoms with Crippen LogP contribution in [0, 0.1) is 0 Å². The largest absolute Gasteiger partial charge is 0.381 e. The number of benzene rings is 1. The molecule has 2 fully saturated rings. The molecule has 0 spiro atoms. The van der Waals surface area contributed by atoms with E-state index in [2.05, 4.69) is 11.4 Å². The zero-order chi connectivity index (χ0) is 13.9. The molecular formula is C16H23N3O. The van der Waals surface area contributed by atoms with Crippen molar-refractivity contribution in [3.05, 3.63) is 24.3 Å². The molecule has 20 heavy (non-hydrogen) atoms. The van der Waals surface area contributed by atoms with Gasteiger partial charge >= 0.3 is 0 Å². The van der Waals surface area contributed by atoms with Gasteiger partial charge in [-0.15, -0.1) is 0 Å². The number of nitrogens with zero attached hydrogens (tertiary/aromatic N) is 1. The van der Waals surface area contributed by atoms with E-state index in [4.69, 9.17) is 5.73 Å². The Balaban J connectivity index is 1.77. The highest BCUT2D eigenvalue weighted by molar-refractivity contribution is 5.98. The summed E-state index contributed by atoms with van der Waals surface area (Å²) in [4.78, 5) is 13.9. The number of carbonyl (C=O) groups is 1. The van der Waals surface area contributed by atoms with Gasteiger partial charge in [-0.25, -0.2) is 0 Å². The number of para-hydroxylation sites is 2. The van der Waals surface area contributed by atoms with E-state index in [9.17, 15) is 4.79 Å². The van der Waals surface area contributed by atoms with Crippen LogP contribution >= 0.6 is 0 Å². The molecule has 1 amide bonds. The van der Waals surface area contributed by atoms with Crippen LogP contribution in [0.1, 0.15) is 38.5 Å². The lowest BCUT2D eigenvalue weighted by atomic mass is 9.91. The van der Waals surface area contributed by atoms with Crippen molar-refractivity contribution in [2.45, 2.75) is 50.6 Å². The Labute approximate surface area is 120 Å². The van der Waals surface area contributed by atoms with Gasteiger partial charge in [-0.2, -0.15) is 0 Å². The van der Waals surface area contributed by atoms with Crippen molar-refractivity contribution in [3.8, 4) is 0 Å². The van der Waals surface area contributed by atoms with Crippen LogP contribution in [0.3, 0.4) is 0 Å². The van der Waals surface area contributed by atoms with Crippen LogP contribution in [-0.4, -0.2) is 24.5 Å². The summed E-state index contributed by atoms with van der Waals surface area (Å²) in [5, 5.41) is 3.60. The van der Waals surface area contributed by atoms with Crippen molar-refractivity contribution in [1.29, 1.82) is 0 Å². The number of rotatable bonds is 3. The summed E-state index contributed by atoms with van der Waals surface area (Å²) >= 11 is 0. The van der Waals surface area contributed by atoms with Crippen LogP contribution in [-0.2, 0) is 4.79 Å². The lowest BCUT2D eigenvalue weighted by Crippen LogP contribution is -2.35. The Morgan fingerprint density at radius 1 is 1.20 bits per heavy atom. The summed E-state index contributed by atoms with van der Waals surface area (Å²) in [5.74, 6) is 0.236. The molecule has 1 heterocycles. The second kappa shape index (κ2) is 5.83. The van der Waals surface area contributed by atoms with E-state index in [-0.39, 0.29) is 5.91 Å². The van der Waals surface area contributed by atoms with E-state index < -0.39 is 0 Å². The molecule has 1 aliphatic heterocycles. The van der Waals surface area contributed by atoms with Crippen LogP contribution < -0.4 is 16.0 Å². The number of carbonyl (C=O) groups excluding carboxylic acids is 1. The first kappa shape index (κ1) is 13.4. The summed E-state index contributed by atoms with van der Waals surface area (Å²) in [6.45, 7) is 0.835. The number of anilines is 2. The van der Waals surface area contributed by atoms with Crippen LogP contribution in [0.15, 0.2) is 24.3 Å². The van der Waals surface area contributed by atoms with Gasteiger partial charge in [-0.05, 0) is 44.2 Å². The molecule has 2 aliphatic rings. The van der Waals surface area contributed by atoms with Gasteiger partial charge in [0.25, 0.3) is 0 Å². The minimum atomic E-state index is 0.236. The summed E-state index contributed by atoms with van der Waals surface area (Å²) in [6, 6.07) is 8.86. The van der Waals surface area contributed by atoms with E-state index in [1.54, 1.807) is 0 Å². The summed E-state index contributed by atoms with van der Waals surface area (Å²) < 4.78 is 0. The smallest absolute Gasteiger partial charge is 0.227 e. The quantitative estimate of drug-likeness (QED) is 0.889. The van der Waals surface area contributed by atoms with Gasteiger partial charge in [0, 0.05) is 25.0 Å². The van der Waals surface area contributed by atoms with Crippen molar-refractivity contribution >= 4 is 17.3 Å². The van der Waals surface area contributed by atoms with Crippen molar-refractivity contribution in [1.82, 2.24) is 0 Å². The molecule has 4 nitrogen and oxygen atoms in total. The van der Waals surface area contributed by atoms with E-state index >= 15 is 0 Å². The van der Waals surface area contributed by atoms with Gasteiger partial charge in [-0.3, -0.25) is 4.79 Å². The average Bonchev–Trinajstić information content (AvgIpc) is 2.86. The third-order valence-electron chi connectivity index (χ3n) is 4.34. The van der Waals surface area contributed by atoms with E-state index in [0.717, 1.165) is 43.6 Å². The maximum absolute atomic E-state index is 11.9. The van der Waals surface area contributed by atoms with E-state index in [1.165, 1.54) is 6.42 Å². The molecule has 2 atom stereocenters. The van der Waals surface area contributed by atoms with Gasteiger partial charge in [0.15, 0.2) is 0 Å². The summed E-state index contributed by atoms with van der Waals surface area (Å²) in [7, 11) is 0. The maximum Gasteiger partial charge on any atom is 0.227 e. The SMILES string of the molecule is NC1CCCC(Nc2ccccc2N2CCCC2=O)C1. The van der Waals surface area contributed by atoms with Crippen LogP contribution in [0.5, 0.6) is 0 Å². The molecule has 1 saturated heterocycles. The third kappa shape index (κ3) is 2.80. The molecule has 2 unspecified atom stereocenters. The number of amides is 1. The standard InChI is InChI=1S/C16H23N3O/c17-12-5-3-6-13(11-12)18-14-7-1-2-8-15(14)19-10-4-9-16(19)20/h1-2,7-8,12-13,18H,3-6,9-11,17H2. The second-order valence-electron chi connectivity index (χ2n) is 5.93. The predicted molar refractivity (Wildman–Crippen MR) is 81.9 cm³/mol. The molecule has 0 aromatic heterocycles. The normalized spacial score (nSPS) is 26.9. The summed E-state index contributed by atoms with van der Waals surface area (Å²) in [5.41, 5.74) is 8.15. The zero-order valence-electron chi connectivity index (χ0n) is 11.8. The van der Waals surface area contributed by atoms with Crippen molar-refractivity contribution in [2.24, 2.45) is 5.73 Å². The number of hydrogen-bond acceptors (Lipinski definition) is 3. The third-order valence-corrected chi connectivity index (χ3v) is 4.34. The lowest BCUT2D eigenvalue weighted by molar-refractivity contribution is -0.117. The van der Waals surface area contributed by atoms with Gasteiger partial charge in [-0.1, -0.05) is 12.1 Å². The van der Waals surface area contributed by atoms with Gasteiger partial charge in [0.2, 0.25) is 5.91 Å². The van der Waals surface area contributed by atoms with Crippen molar-refractivity contribution in [3.63, 3.8) is 0 Å². The number of nitrogens with two attached hydrogens (primary N) is 1. The van der Waals surface area contributed by atoms with E-state index in [1.807, 2.05) is 23.1 Å². The Morgan fingerprint density at radius 2 is 2.05 bits per heavy atom. The van der Waals surface area contributed by atoms with Gasteiger partial charge in [0.05, 0.1) is 11.4 Å². The monoisotopic (exact) mass is 273 g/mol. The molecule has 3 rings (SSSR count). The minimum Gasteiger partial charge on any atom is -0.381 e. The van der Waals surface area contributed by atoms with Crippen LogP contribution in [0.25, 0.3) is 0 Å². The Hall–Kier alpha value is -1.55. The molecule has 108 valence electrons. The average molecular weight is 273 g/mol. The number of nitrogens with one attached hydrogen (secondary N) is 1. The Morgan fingerprint density at radius 3 is 2.80 bits per heavy atom. The fraction of sp³-hybridized carbons (Fsp3) is 0.562. The van der Waals surface area contributed by atoms with Crippen LogP contribution in [0.4, 0.5) is 11.4 Å². The highest BCUT2D eigenvalue weighted by Gasteiger charge is 2.25. The molecule has 1 saturated carbocycles. The predicted octanol–water partition coefficient (Wildman–Crippen LogP) is 2.50. The maximum atomic E-state index is 11.9. The first-order valence-electron chi connectivity index (χ1n) is 7.65. The summed E-state index contributed by atoms with van der Waals surface area (Å²) in [6.07, 6.45) is 6.12. The second-order valence-corrected chi connectivity index (χ2v) is 5.93. The van der Waals surface area contributed by atoms with Crippen LogP contribution in [0.2, 0.25) is 0 Å². The molecule has 1 aromatic rings. The highest BCUT2D eigenvalue weighted by Crippen LogP contribution is 2.31. The van der Waals surface area contributed by atoms with Gasteiger partial charge < -0.3 is 16.0 Å². The zero-order valence-corrected chi connectivity index (χ0v) is 11.8. The molecular weight excluding hydrogens is 250 g/mol. The molecule has 0 radical (unpaired) electrons. The van der Waals surface area contributed by atoms with Gasteiger partial charge in [0.1, 0.15) is 0 Å². The minimum absolute atomic E-state index is 0.236. The topological polar surface area (TPSA) is 58.4 Å². The molecule has 1 aromatic carbocycles. The fourth-order valence-corrected chi connectivity index (χ4v) is 3.31. The number of hydrogen-bond donors (Lipinski definition) is 2. The fourth-order valence-electron chi connectivity index (χ4n) is 3.31. The first-order valence-corrected chi connectivity index (χ1v) is 7.65. The van der Waals surface area contributed by atoms with Crippen molar-refractivity contribution in [2.75, 3.05) is 16.8 Å². The molecule has 0 bridgehead atoms. The Bertz CT molecular complexity index is 488. The highest BCUT2D eigenvalue weighted by atomic mass is 16.2. The lowest BCUT2D eigenvalue weighted by Gasteiger charge is -2.30. The molecule has 3 N–H and O–H groups in total. The Kier molecular flexibility index (Phi) is 3.92. The van der Waals surface area contributed by atoms with E-state index in [0.29, 0.717) is 18.5 Å². The molecule has 1 aliphatic carbocycles. The molecule has 4 heteroatoms. The first-order chi connectivity index (χ1) is 9.74.